The molecule has 17 heavy (non-hydrogen) atoms. The maximum atomic E-state index is 4.16. The average molecular weight is 256 g/mol. The smallest absolute Gasteiger partial charge is 0.0362 e. The monoisotopic (exact) mass is 256 g/mol. The summed E-state index contributed by atoms with van der Waals surface area (Å²) >= 11 is 3.54. The van der Waals surface area contributed by atoms with Crippen molar-refractivity contribution in [2.45, 2.75) is 6.92 Å². The van der Waals surface area contributed by atoms with Crippen molar-refractivity contribution in [3.63, 3.8) is 0 Å². The van der Waals surface area contributed by atoms with E-state index in [4.69, 9.17) is 0 Å². The van der Waals surface area contributed by atoms with Crippen LogP contribution in [0.4, 0.5) is 0 Å². The van der Waals surface area contributed by atoms with E-state index in [1.54, 1.807) is 23.1 Å². The van der Waals surface area contributed by atoms with Crippen LogP contribution < -0.4 is 20.2 Å². The summed E-state index contributed by atoms with van der Waals surface area (Å²) in [6.07, 6.45) is 1.93. The van der Waals surface area contributed by atoms with E-state index in [0.29, 0.717) is 0 Å². The molecule has 0 atom stereocenters. The maximum absolute atomic E-state index is 4.16. The predicted octanol–water partition coefficient (Wildman–Crippen LogP) is 1.89. The van der Waals surface area contributed by atoms with E-state index < -0.39 is 0 Å². The first-order valence-electron chi connectivity index (χ1n) is 5.38. The van der Waals surface area contributed by atoms with E-state index >= 15 is 0 Å². The van der Waals surface area contributed by atoms with Gasteiger partial charge in [-0.3, -0.25) is 0 Å². The highest BCUT2D eigenvalue weighted by atomic mass is 32.2. The largest absolute Gasteiger partial charge is 0.136 e. The summed E-state index contributed by atoms with van der Waals surface area (Å²) in [4.78, 5) is 2.53. The topological polar surface area (TPSA) is 0 Å². The second-order valence-electron chi connectivity index (χ2n) is 4.10. The Hall–Kier alpha value is -1.25. The molecular weight excluding hydrogens is 244 g/mol. The van der Waals surface area contributed by atoms with Gasteiger partial charge in [0.2, 0.25) is 0 Å². The zero-order valence-corrected chi connectivity index (χ0v) is 11.3. The third-order valence-electron chi connectivity index (χ3n) is 3.06. The maximum Gasteiger partial charge on any atom is 0.0362 e. The fraction of sp³-hybridized carbons (Fsp3) is 0.0667. The molecule has 2 heterocycles. The van der Waals surface area contributed by atoms with E-state index in [9.17, 15) is 0 Å². The summed E-state index contributed by atoms with van der Waals surface area (Å²) in [5, 5.41) is 4.94. The molecule has 0 spiro atoms. The Morgan fingerprint density at radius 1 is 1.18 bits per heavy atom. The lowest BCUT2D eigenvalue weighted by Crippen LogP contribution is -2.34. The highest BCUT2D eigenvalue weighted by Crippen LogP contribution is 2.29. The average Bonchev–Trinajstić information content (AvgIpc) is 2.64. The van der Waals surface area contributed by atoms with Gasteiger partial charge in [0.15, 0.2) is 0 Å². The Balaban J connectivity index is 2.86. The Morgan fingerprint density at radius 2 is 1.94 bits per heavy atom. The van der Waals surface area contributed by atoms with Crippen LogP contribution in [0.2, 0.25) is 0 Å². The van der Waals surface area contributed by atoms with Crippen molar-refractivity contribution >= 4 is 56.2 Å². The first-order chi connectivity index (χ1) is 8.13. The van der Waals surface area contributed by atoms with E-state index in [0.717, 1.165) is 9.75 Å². The molecule has 0 saturated heterocycles. The van der Waals surface area contributed by atoms with E-state index in [1.807, 2.05) is 6.08 Å². The Labute approximate surface area is 108 Å². The molecule has 1 aliphatic heterocycles. The van der Waals surface area contributed by atoms with Crippen molar-refractivity contribution in [1.29, 1.82) is 0 Å². The van der Waals surface area contributed by atoms with Crippen LogP contribution in [0, 0.1) is 0 Å². The van der Waals surface area contributed by atoms with Gasteiger partial charge < -0.3 is 0 Å². The molecule has 0 amide bonds. The van der Waals surface area contributed by atoms with E-state index in [2.05, 4.69) is 38.8 Å². The molecule has 2 heteroatoms. The van der Waals surface area contributed by atoms with Crippen LogP contribution in [-0.4, -0.2) is 0 Å². The quantitative estimate of drug-likeness (QED) is 0.751. The summed E-state index contributed by atoms with van der Waals surface area (Å²) < 4.78 is 2.45. The van der Waals surface area contributed by atoms with Gasteiger partial charge in [0.05, 0.1) is 0 Å². The van der Waals surface area contributed by atoms with Crippen LogP contribution in [0.15, 0.2) is 24.8 Å². The fourth-order valence-electron chi connectivity index (χ4n) is 2.35. The van der Waals surface area contributed by atoms with Crippen molar-refractivity contribution in [3.05, 3.63) is 45.0 Å². The van der Waals surface area contributed by atoms with Crippen LogP contribution in [0.3, 0.4) is 0 Å². The number of benzene rings is 1. The van der Waals surface area contributed by atoms with Crippen LogP contribution in [0.5, 0.6) is 0 Å². The van der Waals surface area contributed by atoms with Crippen molar-refractivity contribution in [3.8, 4) is 0 Å². The van der Waals surface area contributed by atoms with Crippen LogP contribution >= 0.6 is 23.1 Å². The normalized spacial score (nSPS) is 14.4. The zero-order chi connectivity index (χ0) is 12.2. The SMILES string of the molecule is C=CC1=c2c(=C)ccc3sc(=C)c(c23)=C(C)S1. The Kier molecular flexibility index (Phi) is 2.32. The predicted molar refractivity (Wildman–Crippen MR) is 81.6 cm³/mol. The van der Waals surface area contributed by atoms with Gasteiger partial charge in [-0.25, -0.2) is 0 Å². The number of thiophene rings is 1. The first kappa shape index (κ1) is 10.9. The summed E-state index contributed by atoms with van der Waals surface area (Å²) in [7, 11) is 0. The number of thioether (sulfide) groups is 1. The minimum Gasteiger partial charge on any atom is -0.136 e. The molecule has 84 valence electrons. The summed E-state index contributed by atoms with van der Waals surface area (Å²) in [5.74, 6) is 0. The van der Waals surface area contributed by atoms with Gasteiger partial charge in [-0.2, -0.15) is 0 Å². The Morgan fingerprint density at radius 3 is 2.65 bits per heavy atom. The van der Waals surface area contributed by atoms with E-state index in [-0.39, 0.29) is 0 Å². The molecule has 1 aromatic carbocycles. The minimum atomic E-state index is 1.08. The summed E-state index contributed by atoms with van der Waals surface area (Å²) in [6.45, 7) is 14.4. The lowest BCUT2D eigenvalue weighted by atomic mass is 10.1. The van der Waals surface area contributed by atoms with Gasteiger partial charge in [0.25, 0.3) is 0 Å². The van der Waals surface area contributed by atoms with Crippen LogP contribution in [0.25, 0.3) is 33.1 Å². The summed E-state index contributed by atoms with van der Waals surface area (Å²) in [6, 6.07) is 4.23. The molecule has 3 rings (SSSR count). The fourth-order valence-corrected chi connectivity index (χ4v) is 4.55. The first-order valence-corrected chi connectivity index (χ1v) is 7.01. The molecule has 0 aliphatic carbocycles. The Bertz CT molecular complexity index is 866. The second kappa shape index (κ2) is 3.62. The van der Waals surface area contributed by atoms with Crippen LogP contribution in [-0.2, 0) is 0 Å². The molecule has 0 N–H and O–H groups in total. The number of hydrogen-bond donors (Lipinski definition) is 0. The molecule has 1 aliphatic rings. The van der Waals surface area contributed by atoms with Crippen LogP contribution in [0.1, 0.15) is 6.92 Å². The van der Waals surface area contributed by atoms with Gasteiger partial charge in [-0.15, -0.1) is 11.3 Å². The van der Waals surface area contributed by atoms with Gasteiger partial charge in [-0.1, -0.05) is 43.6 Å². The minimum absolute atomic E-state index is 1.08. The molecule has 2 aromatic rings. The standard InChI is InChI=1S/C15H12S2/c1-5-11-13-8(2)6-7-12-15(13)14(9(3)16-11)10(4)17-12/h5-7H,1-2,4H2,3H3. The molecule has 0 nitrogen and oxygen atoms in total. The van der Waals surface area contributed by atoms with Gasteiger partial charge in [-0.05, 0) is 23.1 Å². The molecule has 0 unspecified atom stereocenters. The highest BCUT2D eigenvalue weighted by molar-refractivity contribution is 8.16. The zero-order valence-electron chi connectivity index (χ0n) is 9.67. The lowest BCUT2D eigenvalue weighted by molar-refractivity contribution is 1.58. The second-order valence-corrected chi connectivity index (χ2v) is 6.49. The van der Waals surface area contributed by atoms with Gasteiger partial charge in [0.1, 0.15) is 0 Å². The molecular formula is C15H12S2. The van der Waals surface area contributed by atoms with Crippen molar-refractivity contribution in [1.82, 2.24) is 0 Å². The molecule has 0 radical (unpaired) electrons. The van der Waals surface area contributed by atoms with E-state index in [1.165, 1.54) is 30.3 Å². The third kappa shape index (κ3) is 1.38. The summed E-state index contributed by atoms with van der Waals surface area (Å²) in [5.41, 5.74) is 0. The molecule has 0 fully saturated rings. The van der Waals surface area contributed by atoms with Crippen molar-refractivity contribution < 1.29 is 0 Å². The van der Waals surface area contributed by atoms with Gasteiger partial charge >= 0.3 is 0 Å². The van der Waals surface area contributed by atoms with Crippen molar-refractivity contribution in [2.24, 2.45) is 0 Å². The highest BCUT2D eigenvalue weighted by Gasteiger charge is 2.13. The van der Waals surface area contributed by atoms with Gasteiger partial charge in [0, 0.05) is 30.0 Å². The molecule has 1 aromatic heterocycles. The van der Waals surface area contributed by atoms with Crippen molar-refractivity contribution in [2.75, 3.05) is 0 Å². The lowest BCUT2D eigenvalue weighted by Gasteiger charge is -2.09. The molecule has 0 bridgehead atoms. The third-order valence-corrected chi connectivity index (χ3v) is 5.17. The number of rotatable bonds is 1. The number of hydrogen-bond acceptors (Lipinski definition) is 2. The molecule has 0 saturated carbocycles.